The lowest BCUT2D eigenvalue weighted by atomic mass is 9.91. The second-order valence-electron chi connectivity index (χ2n) is 9.48. The van der Waals surface area contributed by atoms with E-state index in [2.05, 4.69) is 24.5 Å². The molecule has 198 valence electrons. The standard InChI is InChI=1S/C27H44N2O6/c1-20(2)18-23(8-6-7-14-28-25(30)13-15-34-17-16-33-5)26(31)29-24-11-9-22(10-12-24)19-35-27(32)21(3)4/h9-12,20-21,23H,6-8,13-19H2,1-5H3,(H,28,30)(H,29,31)/t23-/m1/s1. The summed E-state index contributed by atoms with van der Waals surface area (Å²) in [5.41, 5.74) is 1.60. The molecule has 35 heavy (non-hydrogen) atoms. The molecule has 0 aliphatic rings. The maximum absolute atomic E-state index is 12.9. The van der Waals surface area contributed by atoms with Gasteiger partial charge in [-0.1, -0.05) is 46.2 Å². The number of methoxy groups -OCH3 is 1. The third-order valence-electron chi connectivity index (χ3n) is 5.41. The molecule has 0 heterocycles. The first-order valence-electron chi connectivity index (χ1n) is 12.6. The highest BCUT2D eigenvalue weighted by atomic mass is 16.5. The molecule has 1 aromatic carbocycles. The van der Waals surface area contributed by atoms with Crippen LogP contribution in [0.25, 0.3) is 0 Å². The van der Waals surface area contributed by atoms with Gasteiger partial charge >= 0.3 is 5.97 Å². The van der Waals surface area contributed by atoms with Crippen molar-refractivity contribution in [2.45, 2.75) is 66.4 Å². The molecular weight excluding hydrogens is 448 g/mol. The lowest BCUT2D eigenvalue weighted by molar-refractivity contribution is -0.148. The highest BCUT2D eigenvalue weighted by Crippen LogP contribution is 2.21. The van der Waals surface area contributed by atoms with Crippen LogP contribution in [0.4, 0.5) is 5.69 Å². The van der Waals surface area contributed by atoms with E-state index in [1.807, 2.05) is 24.3 Å². The van der Waals surface area contributed by atoms with Crippen LogP contribution in [0.1, 0.15) is 65.4 Å². The van der Waals surface area contributed by atoms with E-state index in [-0.39, 0.29) is 36.2 Å². The van der Waals surface area contributed by atoms with Crippen molar-refractivity contribution in [2.24, 2.45) is 17.8 Å². The van der Waals surface area contributed by atoms with Gasteiger partial charge in [0.2, 0.25) is 11.8 Å². The number of unbranched alkanes of at least 4 members (excludes halogenated alkanes) is 1. The van der Waals surface area contributed by atoms with Crippen molar-refractivity contribution in [3.63, 3.8) is 0 Å². The Labute approximate surface area is 210 Å². The molecule has 0 aromatic heterocycles. The van der Waals surface area contributed by atoms with Crippen molar-refractivity contribution in [1.82, 2.24) is 5.32 Å². The van der Waals surface area contributed by atoms with Crippen LogP contribution in [0.15, 0.2) is 24.3 Å². The first-order valence-corrected chi connectivity index (χ1v) is 12.6. The zero-order chi connectivity index (χ0) is 26.1. The smallest absolute Gasteiger partial charge is 0.308 e. The maximum atomic E-state index is 12.9. The number of anilines is 1. The Hall–Kier alpha value is -2.45. The summed E-state index contributed by atoms with van der Waals surface area (Å²) in [6.07, 6.45) is 3.59. The van der Waals surface area contributed by atoms with Gasteiger partial charge in [-0.25, -0.2) is 0 Å². The number of hydrogen-bond donors (Lipinski definition) is 2. The molecule has 0 unspecified atom stereocenters. The number of benzene rings is 1. The molecule has 8 heteroatoms. The summed E-state index contributed by atoms with van der Waals surface area (Å²) in [6.45, 7) is 10.0. The molecular formula is C27H44N2O6. The van der Waals surface area contributed by atoms with Gasteiger partial charge in [0.05, 0.1) is 25.7 Å². The van der Waals surface area contributed by atoms with E-state index in [4.69, 9.17) is 14.2 Å². The molecule has 0 aliphatic carbocycles. The van der Waals surface area contributed by atoms with E-state index in [0.717, 1.165) is 36.9 Å². The maximum Gasteiger partial charge on any atom is 0.308 e. The van der Waals surface area contributed by atoms with Gasteiger partial charge in [-0.15, -0.1) is 0 Å². The molecule has 2 N–H and O–H groups in total. The minimum atomic E-state index is -0.231. The molecule has 8 nitrogen and oxygen atoms in total. The Morgan fingerprint density at radius 3 is 2.29 bits per heavy atom. The second-order valence-corrected chi connectivity index (χ2v) is 9.48. The fourth-order valence-electron chi connectivity index (χ4n) is 3.42. The summed E-state index contributed by atoms with van der Waals surface area (Å²) < 4.78 is 15.4. The van der Waals surface area contributed by atoms with Gasteiger partial charge in [0.15, 0.2) is 0 Å². The fourth-order valence-corrected chi connectivity index (χ4v) is 3.42. The van der Waals surface area contributed by atoms with E-state index in [1.165, 1.54) is 0 Å². The largest absolute Gasteiger partial charge is 0.461 e. The van der Waals surface area contributed by atoms with E-state index in [0.29, 0.717) is 38.7 Å². The Morgan fingerprint density at radius 1 is 0.943 bits per heavy atom. The number of esters is 1. The third kappa shape index (κ3) is 14.5. The summed E-state index contributed by atoms with van der Waals surface area (Å²) in [7, 11) is 1.61. The molecule has 0 aliphatic heterocycles. The number of amides is 2. The number of carbonyl (C=O) groups is 3. The lowest BCUT2D eigenvalue weighted by Gasteiger charge is -2.19. The first-order chi connectivity index (χ1) is 16.7. The molecule has 0 radical (unpaired) electrons. The third-order valence-corrected chi connectivity index (χ3v) is 5.41. The highest BCUT2D eigenvalue weighted by molar-refractivity contribution is 5.92. The van der Waals surface area contributed by atoms with Crippen LogP contribution in [0, 0.1) is 17.8 Å². The summed E-state index contributed by atoms with van der Waals surface area (Å²) in [5, 5.41) is 5.92. The second kappa shape index (κ2) is 17.9. The Kier molecular flexibility index (Phi) is 15.6. The summed E-state index contributed by atoms with van der Waals surface area (Å²) in [6, 6.07) is 7.37. The van der Waals surface area contributed by atoms with E-state index < -0.39 is 0 Å². The van der Waals surface area contributed by atoms with Crippen molar-refractivity contribution >= 4 is 23.5 Å². The number of rotatable bonds is 18. The number of ether oxygens (including phenoxy) is 3. The quantitative estimate of drug-likeness (QED) is 0.234. The van der Waals surface area contributed by atoms with Crippen LogP contribution < -0.4 is 10.6 Å². The van der Waals surface area contributed by atoms with Gasteiger partial charge in [-0.2, -0.15) is 0 Å². The van der Waals surface area contributed by atoms with E-state index in [1.54, 1.807) is 21.0 Å². The summed E-state index contributed by atoms with van der Waals surface area (Å²) in [5.74, 6) is -0.0941. The van der Waals surface area contributed by atoms with Crippen LogP contribution in [-0.2, 0) is 35.2 Å². The van der Waals surface area contributed by atoms with Crippen LogP contribution in [0.5, 0.6) is 0 Å². The SMILES string of the molecule is COCCOCCC(=O)NCCCC[C@H](CC(C)C)C(=O)Nc1ccc(COC(=O)C(C)C)cc1. The zero-order valence-electron chi connectivity index (χ0n) is 22.1. The zero-order valence-corrected chi connectivity index (χ0v) is 22.1. The van der Waals surface area contributed by atoms with Gasteiger partial charge in [-0.3, -0.25) is 14.4 Å². The fraction of sp³-hybridized carbons (Fsp3) is 0.667. The first kappa shape index (κ1) is 30.6. The minimum absolute atomic E-state index is 0.00919. The predicted molar refractivity (Wildman–Crippen MR) is 137 cm³/mol. The van der Waals surface area contributed by atoms with Gasteiger partial charge < -0.3 is 24.8 Å². The average Bonchev–Trinajstić information content (AvgIpc) is 2.81. The normalized spacial score (nSPS) is 12.0. The van der Waals surface area contributed by atoms with Crippen LogP contribution in [0.3, 0.4) is 0 Å². The molecule has 1 atom stereocenters. The van der Waals surface area contributed by atoms with Gasteiger partial charge in [0.25, 0.3) is 0 Å². The number of hydrogen-bond acceptors (Lipinski definition) is 6. The van der Waals surface area contributed by atoms with Crippen LogP contribution >= 0.6 is 0 Å². The Balaban J connectivity index is 2.39. The molecule has 1 rings (SSSR count). The topological polar surface area (TPSA) is 103 Å². The highest BCUT2D eigenvalue weighted by Gasteiger charge is 2.20. The Bertz CT molecular complexity index is 749. The molecule has 0 spiro atoms. The van der Waals surface area contributed by atoms with Crippen molar-refractivity contribution in [3.8, 4) is 0 Å². The average molecular weight is 493 g/mol. The molecule has 0 saturated heterocycles. The summed E-state index contributed by atoms with van der Waals surface area (Å²) in [4.78, 5) is 36.4. The van der Waals surface area contributed by atoms with E-state index in [9.17, 15) is 14.4 Å². The minimum Gasteiger partial charge on any atom is -0.461 e. The van der Waals surface area contributed by atoms with Crippen LogP contribution in [-0.4, -0.2) is 51.3 Å². The van der Waals surface area contributed by atoms with Crippen molar-refractivity contribution < 1.29 is 28.6 Å². The van der Waals surface area contributed by atoms with Crippen molar-refractivity contribution in [3.05, 3.63) is 29.8 Å². The predicted octanol–water partition coefficient (Wildman–Crippen LogP) is 4.33. The molecule has 1 aromatic rings. The molecule has 2 amide bonds. The number of carbonyl (C=O) groups excluding carboxylic acids is 3. The summed E-state index contributed by atoms with van der Waals surface area (Å²) >= 11 is 0. The van der Waals surface area contributed by atoms with Gasteiger partial charge in [0.1, 0.15) is 6.61 Å². The molecule has 0 saturated carbocycles. The Morgan fingerprint density at radius 2 is 1.66 bits per heavy atom. The lowest BCUT2D eigenvalue weighted by Crippen LogP contribution is -2.27. The van der Waals surface area contributed by atoms with Gasteiger partial charge in [0, 0.05) is 31.7 Å². The van der Waals surface area contributed by atoms with Crippen LogP contribution in [0.2, 0.25) is 0 Å². The number of nitrogens with one attached hydrogen (secondary N) is 2. The van der Waals surface area contributed by atoms with Crippen molar-refractivity contribution in [2.75, 3.05) is 38.8 Å². The van der Waals surface area contributed by atoms with E-state index >= 15 is 0 Å². The molecule has 0 fully saturated rings. The van der Waals surface area contributed by atoms with Crippen molar-refractivity contribution in [1.29, 1.82) is 0 Å². The van der Waals surface area contributed by atoms with Gasteiger partial charge in [-0.05, 0) is 42.9 Å². The molecule has 0 bridgehead atoms. The monoisotopic (exact) mass is 492 g/mol.